The molecule has 2 N–H and O–H groups in total. The molecule has 0 aliphatic heterocycles. The van der Waals surface area contributed by atoms with Gasteiger partial charge >= 0.3 is 0 Å². The summed E-state index contributed by atoms with van der Waals surface area (Å²) in [5, 5.41) is 12.5. The number of hydrogen-bond donors (Lipinski definition) is 2. The van der Waals surface area contributed by atoms with Crippen molar-refractivity contribution in [3.63, 3.8) is 0 Å². The lowest BCUT2D eigenvalue weighted by atomic mass is 9.95. The number of aliphatic hydroxyl groups excluding tert-OH is 1. The molecule has 1 spiro atoms. The van der Waals surface area contributed by atoms with Crippen LogP contribution in [0, 0.1) is 5.92 Å². The summed E-state index contributed by atoms with van der Waals surface area (Å²) in [4.78, 5) is 0. The smallest absolute Gasteiger partial charge is 0.129 e. The van der Waals surface area contributed by atoms with Crippen LogP contribution >= 0.6 is 0 Å². The van der Waals surface area contributed by atoms with Gasteiger partial charge in [0.25, 0.3) is 0 Å². The summed E-state index contributed by atoms with van der Waals surface area (Å²) in [5.41, 5.74) is 3.61. The maximum Gasteiger partial charge on any atom is 0.129 e. The van der Waals surface area contributed by atoms with Gasteiger partial charge in [0.15, 0.2) is 0 Å². The zero-order valence-electron chi connectivity index (χ0n) is 12.1. The Morgan fingerprint density at radius 1 is 1.19 bits per heavy atom. The molecule has 110 valence electrons. The topological polar surface area (TPSA) is 45.4 Å². The molecular weight excluding hydrogens is 262 g/mol. The van der Waals surface area contributed by atoms with Gasteiger partial charge in [-0.1, -0.05) is 24.3 Å². The average molecular weight is 283 g/mol. The molecule has 2 aliphatic carbocycles. The van der Waals surface area contributed by atoms with Gasteiger partial charge in [0, 0.05) is 5.41 Å². The molecule has 3 heteroatoms. The Bertz CT molecular complexity index is 648. The third-order valence-electron chi connectivity index (χ3n) is 5.19. The van der Waals surface area contributed by atoms with E-state index in [1.54, 1.807) is 11.1 Å². The summed E-state index contributed by atoms with van der Waals surface area (Å²) in [5.74, 6) is 2.30. The molecule has 3 nitrogen and oxygen atoms in total. The van der Waals surface area contributed by atoms with Gasteiger partial charge in [0.05, 0.1) is 6.54 Å². The Labute approximate surface area is 125 Å². The number of furan rings is 1. The number of aryl methyl sites for hydroxylation is 1. The SMILES string of the molecule is OCc1ccc(CNC[C@H]2C[C@]23CCc2ccccc23)o1. The molecule has 1 aromatic heterocycles. The fourth-order valence-electron chi connectivity index (χ4n) is 3.97. The fraction of sp³-hybridized carbons (Fsp3) is 0.444. The van der Waals surface area contributed by atoms with Crippen LogP contribution in [0.2, 0.25) is 0 Å². The minimum atomic E-state index is -0.0253. The van der Waals surface area contributed by atoms with Crippen molar-refractivity contribution in [3.8, 4) is 0 Å². The van der Waals surface area contributed by atoms with Crippen molar-refractivity contribution in [3.05, 3.63) is 59.0 Å². The number of nitrogens with one attached hydrogen (secondary N) is 1. The van der Waals surface area contributed by atoms with E-state index in [0.29, 0.717) is 11.2 Å². The van der Waals surface area contributed by atoms with Crippen LogP contribution in [0.3, 0.4) is 0 Å². The first-order valence-corrected chi connectivity index (χ1v) is 7.79. The summed E-state index contributed by atoms with van der Waals surface area (Å²) < 4.78 is 5.50. The lowest BCUT2D eigenvalue weighted by molar-refractivity contribution is 0.242. The maximum atomic E-state index is 8.99. The number of fused-ring (bicyclic) bond motifs is 2. The van der Waals surface area contributed by atoms with Crippen molar-refractivity contribution in [2.75, 3.05) is 6.54 Å². The van der Waals surface area contributed by atoms with Crippen molar-refractivity contribution < 1.29 is 9.52 Å². The van der Waals surface area contributed by atoms with Crippen LogP contribution in [0.4, 0.5) is 0 Å². The van der Waals surface area contributed by atoms with E-state index >= 15 is 0 Å². The average Bonchev–Trinajstić information content (AvgIpc) is 2.85. The summed E-state index contributed by atoms with van der Waals surface area (Å²) in [6, 6.07) is 12.7. The predicted octanol–water partition coefficient (Wildman–Crippen LogP) is 2.77. The molecule has 0 radical (unpaired) electrons. The van der Waals surface area contributed by atoms with E-state index < -0.39 is 0 Å². The second kappa shape index (κ2) is 5.00. The lowest BCUT2D eigenvalue weighted by Gasteiger charge is -2.11. The van der Waals surface area contributed by atoms with Gasteiger partial charge in [0.1, 0.15) is 18.1 Å². The van der Waals surface area contributed by atoms with E-state index in [1.807, 2.05) is 12.1 Å². The Morgan fingerprint density at radius 2 is 2.05 bits per heavy atom. The Hall–Kier alpha value is -1.58. The van der Waals surface area contributed by atoms with Crippen LogP contribution in [-0.2, 0) is 25.0 Å². The second-order valence-electron chi connectivity index (χ2n) is 6.37. The molecule has 0 amide bonds. The highest BCUT2D eigenvalue weighted by Gasteiger charge is 2.57. The highest BCUT2D eigenvalue weighted by molar-refractivity contribution is 5.45. The largest absolute Gasteiger partial charge is 0.462 e. The van der Waals surface area contributed by atoms with E-state index in [1.165, 1.54) is 19.3 Å². The molecule has 0 saturated heterocycles. The van der Waals surface area contributed by atoms with Crippen LogP contribution in [0.1, 0.15) is 35.5 Å². The molecule has 1 aromatic carbocycles. The van der Waals surface area contributed by atoms with Crippen molar-refractivity contribution in [2.24, 2.45) is 5.92 Å². The van der Waals surface area contributed by atoms with Crippen molar-refractivity contribution in [2.45, 2.75) is 37.8 Å². The number of hydrogen-bond acceptors (Lipinski definition) is 3. The molecule has 4 rings (SSSR count). The summed E-state index contributed by atoms with van der Waals surface area (Å²) in [6.07, 6.45) is 3.87. The van der Waals surface area contributed by atoms with Crippen LogP contribution in [-0.4, -0.2) is 11.7 Å². The summed E-state index contributed by atoms with van der Waals surface area (Å²) in [6.45, 7) is 1.76. The van der Waals surface area contributed by atoms with Gasteiger partial charge in [-0.2, -0.15) is 0 Å². The van der Waals surface area contributed by atoms with Gasteiger partial charge in [-0.15, -0.1) is 0 Å². The standard InChI is InChI=1S/C18H21NO2/c20-12-16-6-5-15(21-16)11-19-10-14-9-18(14)8-7-13-3-1-2-4-17(13)18/h1-6,14,19-20H,7-12H2/t14-,18-/m1/s1. The second-order valence-corrected chi connectivity index (χ2v) is 6.37. The molecule has 1 saturated carbocycles. The molecule has 0 unspecified atom stereocenters. The quantitative estimate of drug-likeness (QED) is 0.887. The summed E-state index contributed by atoms with van der Waals surface area (Å²) in [7, 11) is 0. The van der Waals surface area contributed by atoms with Gasteiger partial charge in [0.2, 0.25) is 0 Å². The van der Waals surface area contributed by atoms with Crippen molar-refractivity contribution in [1.82, 2.24) is 5.32 Å². The molecule has 1 fully saturated rings. The molecule has 0 bridgehead atoms. The van der Waals surface area contributed by atoms with Crippen LogP contribution in [0.5, 0.6) is 0 Å². The highest BCUT2D eigenvalue weighted by Crippen LogP contribution is 2.61. The third kappa shape index (κ3) is 2.21. The molecule has 2 aliphatic rings. The van der Waals surface area contributed by atoms with Gasteiger partial charge in [-0.3, -0.25) is 0 Å². The molecule has 21 heavy (non-hydrogen) atoms. The zero-order chi connectivity index (χ0) is 14.3. The first-order chi connectivity index (χ1) is 10.3. The van der Waals surface area contributed by atoms with Gasteiger partial charge < -0.3 is 14.8 Å². The lowest BCUT2D eigenvalue weighted by Crippen LogP contribution is -2.20. The predicted molar refractivity (Wildman–Crippen MR) is 80.9 cm³/mol. The van der Waals surface area contributed by atoms with E-state index in [9.17, 15) is 0 Å². The molecule has 1 heterocycles. The van der Waals surface area contributed by atoms with E-state index in [-0.39, 0.29) is 6.61 Å². The van der Waals surface area contributed by atoms with Crippen LogP contribution < -0.4 is 5.32 Å². The molecule has 2 aromatic rings. The highest BCUT2D eigenvalue weighted by atomic mass is 16.4. The van der Waals surface area contributed by atoms with Gasteiger partial charge in [-0.05, 0) is 55.0 Å². The van der Waals surface area contributed by atoms with E-state index in [0.717, 1.165) is 24.8 Å². The van der Waals surface area contributed by atoms with Crippen LogP contribution in [0.15, 0.2) is 40.8 Å². The molecule has 2 atom stereocenters. The molecular formula is C18H21NO2. The number of rotatable bonds is 5. The zero-order valence-corrected chi connectivity index (χ0v) is 12.1. The number of benzene rings is 1. The van der Waals surface area contributed by atoms with Crippen molar-refractivity contribution >= 4 is 0 Å². The Kier molecular flexibility index (Phi) is 3.12. The van der Waals surface area contributed by atoms with Gasteiger partial charge in [-0.25, -0.2) is 0 Å². The van der Waals surface area contributed by atoms with E-state index in [4.69, 9.17) is 9.52 Å². The fourth-order valence-corrected chi connectivity index (χ4v) is 3.97. The minimum Gasteiger partial charge on any atom is -0.462 e. The minimum absolute atomic E-state index is 0.0253. The van der Waals surface area contributed by atoms with Crippen LogP contribution in [0.25, 0.3) is 0 Å². The normalized spacial score (nSPS) is 26.2. The Morgan fingerprint density at radius 3 is 2.90 bits per heavy atom. The third-order valence-corrected chi connectivity index (χ3v) is 5.19. The first-order valence-electron chi connectivity index (χ1n) is 7.79. The first kappa shape index (κ1) is 13.1. The number of aliphatic hydroxyl groups is 1. The summed E-state index contributed by atoms with van der Waals surface area (Å²) >= 11 is 0. The maximum absolute atomic E-state index is 8.99. The Balaban J connectivity index is 1.34. The van der Waals surface area contributed by atoms with Crippen molar-refractivity contribution in [1.29, 1.82) is 0 Å². The van der Waals surface area contributed by atoms with E-state index in [2.05, 4.69) is 29.6 Å². The monoisotopic (exact) mass is 283 g/mol.